The zero-order valence-corrected chi connectivity index (χ0v) is 21.2. The third-order valence-electron chi connectivity index (χ3n) is 5.75. The van der Waals surface area contributed by atoms with Gasteiger partial charge >= 0.3 is 5.97 Å². The van der Waals surface area contributed by atoms with Crippen molar-refractivity contribution in [3.05, 3.63) is 119 Å². The Morgan fingerprint density at radius 3 is 2.33 bits per heavy atom. The number of para-hydroxylation sites is 2. The van der Waals surface area contributed by atoms with Gasteiger partial charge < -0.3 is 15.4 Å². The molecule has 0 fully saturated rings. The SMILES string of the molecule is O=C(COC(=O)c1ccccc1NC(=O)c1cc(-c2ccccc2)nc2ccccc12)Nc1ccc(Cl)cn1. The first-order valence-electron chi connectivity index (χ1n) is 11.9. The summed E-state index contributed by atoms with van der Waals surface area (Å²) in [6.07, 6.45) is 1.39. The first-order valence-corrected chi connectivity index (χ1v) is 12.3. The van der Waals surface area contributed by atoms with Crippen molar-refractivity contribution in [1.29, 1.82) is 0 Å². The van der Waals surface area contributed by atoms with Gasteiger partial charge in [-0.25, -0.2) is 14.8 Å². The van der Waals surface area contributed by atoms with Crippen LogP contribution in [0.1, 0.15) is 20.7 Å². The van der Waals surface area contributed by atoms with Gasteiger partial charge in [0.1, 0.15) is 5.82 Å². The highest BCUT2D eigenvalue weighted by Gasteiger charge is 2.19. The molecule has 3 aromatic carbocycles. The molecule has 0 aliphatic heterocycles. The molecular formula is C30H21ClN4O4. The Morgan fingerprint density at radius 2 is 1.54 bits per heavy atom. The number of amides is 2. The molecule has 192 valence electrons. The standard InChI is InChI=1S/C30H21ClN4O4/c31-20-14-15-27(32-17-20)35-28(36)18-39-30(38)22-11-5-7-13-25(22)34-29(37)23-16-26(19-8-2-1-3-9-19)33-24-12-6-4-10-21(23)24/h1-17H,18H2,(H,34,37)(H,32,35,36). The highest BCUT2D eigenvalue weighted by Crippen LogP contribution is 2.26. The summed E-state index contributed by atoms with van der Waals surface area (Å²) in [5.74, 6) is -1.49. The van der Waals surface area contributed by atoms with Crippen LogP contribution >= 0.6 is 11.6 Å². The van der Waals surface area contributed by atoms with E-state index in [1.54, 1.807) is 30.3 Å². The van der Waals surface area contributed by atoms with Crippen LogP contribution in [0.4, 0.5) is 11.5 Å². The second kappa shape index (κ2) is 11.5. The maximum absolute atomic E-state index is 13.5. The van der Waals surface area contributed by atoms with E-state index < -0.39 is 24.4 Å². The topological polar surface area (TPSA) is 110 Å². The second-order valence-electron chi connectivity index (χ2n) is 8.42. The number of ether oxygens (including phenoxy) is 1. The lowest BCUT2D eigenvalue weighted by atomic mass is 10.0. The third kappa shape index (κ3) is 6.08. The normalized spacial score (nSPS) is 10.6. The number of carbonyl (C=O) groups is 3. The molecule has 0 spiro atoms. The number of rotatable bonds is 7. The van der Waals surface area contributed by atoms with Gasteiger partial charge in [-0.1, -0.05) is 72.3 Å². The average molecular weight is 537 g/mol. The Morgan fingerprint density at radius 1 is 0.795 bits per heavy atom. The van der Waals surface area contributed by atoms with E-state index in [2.05, 4.69) is 15.6 Å². The molecule has 2 amide bonds. The molecule has 8 nitrogen and oxygen atoms in total. The van der Waals surface area contributed by atoms with Crippen LogP contribution in [0.5, 0.6) is 0 Å². The number of benzene rings is 3. The molecule has 9 heteroatoms. The highest BCUT2D eigenvalue weighted by molar-refractivity contribution is 6.30. The molecule has 2 N–H and O–H groups in total. The van der Waals surface area contributed by atoms with Crippen LogP contribution in [-0.4, -0.2) is 34.4 Å². The van der Waals surface area contributed by atoms with E-state index in [1.165, 1.54) is 18.3 Å². The van der Waals surface area contributed by atoms with E-state index in [9.17, 15) is 14.4 Å². The van der Waals surface area contributed by atoms with E-state index in [0.29, 0.717) is 27.2 Å². The van der Waals surface area contributed by atoms with Gasteiger partial charge in [0.15, 0.2) is 6.61 Å². The minimum atomic E-state index is -0.769. The van der Waals surface area contributed by atoms with Crippen molar-refractivity contribution in [3.8, 4) is 11.3 Å². The smallest absolute Gasteiger partial charge is 0.340 e. The molecule has 2 aromatic heterocycles. The fourth-order valence-electron chi connectivity index (χ4n) is 3.92. The molecule has 39 heavy (non-hydrogen) atoms. The molecule has 0 aliphatic carbocycles. The summed E-state index contributed by atoms with van der Waals surface area (Å²) in [6, 6.07) is 28.2. The molecule has 0 unspecified atom stereocenters. The first kappa shape index (κ1) is 25.6. The van der Waals surface area contributed by atoms with Crippen molar-refractivity contribution < 1.29 is 19.1 Å². The van der Waals surface area contributed by atoms with Crippen molar-refractivity contribution >= 4 is 51.8 Å². The maximum Gasteiger partial charge on any atom is 0.340 e. The van der Waals surface area contributed by atoms with Crippen molar-refractivity contribution in [2.75, 3.05) is 17.2 Å². The Kier molecular flexibility index (Phi) is 7.56. The number of fused-ring (bicyclic) bond motifs is 1. The minimum Gasteiger partial charge on any atom is -0.452 e. The number of aromatic nitrogens is 2. The monoisotopic (exact) mass is 536 g/mol. The summed E-state index contributed by atoms with van der Waals surface area (Å²) in [5, 5.41) is 6.43. The number of hydrogen-bond donors (Lipinski definition) is 2. The predicted octanol–water partition coefficient (Wildman–Crippen LogP) is 6.00. The number of nitrogens with one attached hydrogen (secondary N) is 2. The van der Waals surface area contributed by atoms with Crippen LogP contribution in [0.2, 0.25) is 5.02 Å². The largest absolute Gasteiger partial charge is 0.452 e. The predicted molar refractivity (Wildman–Crippen MR) is 150 cm³/mol. The van der Waals surface area contributed by atoms with Crippen LogP contribution in [-0.2, 0) is 9.53 Å². The quantitative estimate of drug-likeness (QED) is 0.247. The zero-order chi connectivity index (χ0) is 27.2. The summed E-state index contributed by atoms with van der Waals surface area (Å²) < 4.78 is 5.19. The van der Waals surface area contributed by atoms with E-state index >= 15 is 0 Å². The lowest BCUT2D eigenvalue weighted by Crippen LogP contribution is -2.22. The van der Waals surface area contributed by atoms with Gasteiger partial charge in [-0.15, -0.1) is 0 Å². The summed E-state index contributed by atoms with van der Waals surface area (Å²) in [7, 11) is 0. The average Bonchev–Trinajstić information content (AvgIpc) is 2.97. The van der Waals surface area contributed by atoms with Crippen LogP contribution in [0.25, 0.3) is 22.2 Å². The molecule has 5 aromatic rings. The van der Waals surface area contributed by atoms with Crippen molar-refractivity contribution in [1.82, 2.24) is 9.97 Å². The zero-order valence-electron chi connectivity index (χ0n) is 20.4. The molecule has 0 saturated heterocycles. The van der Waals surface area contributed by atoms with E-state index in [0.717, 1.165) is 5.56 Å². The fraction of sp³-hybridized carbons (Fsp3) is 0.0333. The molecule has 0 atom stereocenters. The van der Waals surface area contributed by atoms with Crippen molar-refractivity contribution in [2.24, 2.45) is 0 Å². The van der Waals surface area contributed by atoms with Crippen LogP contribution < -0.4 is 10.6 Å². The molecule has 2 heterocycles. The number of carbonyl (C=O) groups excluding carboxylic acids is 3. The van der Waals surface area contributed by atoms with Gasteiger partial charge in [0, 0.05) is 17.1 Å². The lowest BCUT2D eigenvalue weighted by molar-refractivity contribution is -0.119. The van der Waals surface area contributed by atoms with Gasteiger partial charge in [0.25, 0.3) is 11.8 Å². The van der Waals surface area contributed by atoms with Gasteiger partial charge in [0.05, 0.1) is 33.0 Å². The van der Waals surface area contributed by atoms with E-state index in [1.807, 2.05) is 54.6 Å². The molecular weight excluding hydrogens is 516 g/mol. The summed E-state index contributed by atoms with van der Waals surface area (Å²) in [6.45, 7) is -0.541. The number of nitrogens with zero attached hydrogens (tertiary/aromatic N) is 2. The van der Waals surface area contributed by atoms with Crippen molar-refractivity contribution in [2.45, 2.75) is 0 Å². The molecule has 5 rings (SSSR count). The van der Waals surface area contributed by atoms with Gasteiger partial charge in [-0.05, 0) is 36.4 Å². The molecule has 0 aliphatic rings. The number of pyridine rings is 2. The summed E-state index contributed by atoms with van der Waals surface area (Å²) in [5.41, 5.74) is 2.93. The van der Waals surface area contributed by atoms with Crippen molar-refractivity contribution in [3.63, 3.8) is 0 Å². The maximum atomic E-state index is 13.5. The highest BCUT2D eigenvalue weighted by atomic mass is 35.5. The Labute approximate surface area is 228 Å². The Bertz CT molecular complexity index is 1670. The fourth-order valence-corrected chi connectivity index (χ4v) is 4.03. The molecule has 0 radical (unpaired) electrons. The molecule has 0 bridgehead atoms. The third-order valence-corrected chi connectivity index (χ3v) is 5.98. The second-order valence-corrected chi connectivity index (χ2v) is 8.86. The number of halogens is 1. The first-order chi connectivity index (χ1) is 19.0. The lowest BCUT2D eigenvalue weighted by Gasteiger charge is -2.13. The Balaban J connectivity index is 1.34. The number of hydrogen-bond acceptors (Lipinski definition) is 6. The molecule has 0 saturated carbocycles. The van der Waals surface area contributed by atoms with E-state index in [4.69, 9.17) is 21.3 Å². The number of esters is 1. The van der Waals surface area contributed by atoms with Crippen LogP contribution in [0, 0.1) is 0 Å². The summed E-state index contributed by atoms with van der Waals surface area (Å²) in [4.78, 5) is 47.2. The van der Waals surface area contributed by atoms with Gasteiger partial charge in [0.2, 0.25) is 0 Å². The van der Waals surface area contributed by atoms with Gasteiger partial charge in [-0.3, -0.25) is 9.59 Å². The summed E-state index contributed by atoms with van der Waals surface area (Å²) >= 11 is 5.80. The van der Waals surface area contributed by atoms with Gasteiger partial charge in [-0.2, -0.15) is 0 Å². The minimum absolute atomic E-state index is 0.102. The van der Waals surface area contributed by atoms with Crippen LogP contribution in [0.15, 0.2) is 103 Å². The van der Waals surface area contributed by atoms with Crippen LogP contribution in [0.3, 0.4) is 0 Å². The Hall–Kier alpha value is -5.08. The number of anilines is 2. The van der Waals surface area contributed by atoms with E-state index in [-0.39, 0.29) is 17.1 Å².